The average molecular weight is 312 g/mol. The first kappa shape index (κ1) is 15.7. The molecule has 0 spiro atoms. The van der Waals surface area contributed by atoms with Crippen LogP contribution < -0.4 is 11.1 Å². The standard InChI is InChI=1S/C19H21FN2O/c1-18(21,14-6-3-2-4-7-14)17(23)22-13-19(10-11-19)15-8-5-9-16(20)12-15/h2-9,12H,10-11,13,21H2,1H3,(H,22,23). The molecule has 0 heterocycles. The van der Waals surface area contributed by atoms with Crippen LogP contribution in [0.1, 0.15) is 30.9 Å². The van der Waals surface area contributed by atoms with Gasteiger partial charge in [0.15, 0.2) is 0 Å². The third-order valence-corrected chi connectivity index (χ3v) is 4.72. The van der Waals surface area contributed by atoms with Crippen LogP contribution in [0.5, 0.6) is 0 Å². The highest BCUT2D eigenvalue weighted by atomic mass is 19.1. The molecular weight excluding hydrogens is 291 g/mol. The van der Waals surface area contributed by atoms with Gasteiger partial charge in [-0.25, -0.2) is 4.39 Å². The van der Waals surface area contributed by atoms with Crippen LogP contribution in [0.4, 0.5) is 4.39 Å². The van der Waals surface area contributed by atoms with Gasteiger partial charge >= 0.3 is 0 Å². The van der Waals surface area contributed by atoms with Gasteiger partial charge in [0.1, 0.15) is 11.4 Å². The zero-order chi connectivity index (χ0) is 16.5. The fourth-order valence-corrected chi connectivity index (χ4v) is 2.89. The molecule has 0 saturated heterocycles. The first-order valence-electron chi connectivity index (χ1n) is 7.83. The highest BCUT2D eigenvalue weighted by Crippen LogP contribution is 2.47. The average Bonchev–Trinajstić information content (AvgIpc) is 3.34. The number of nitrogens with two attached hydrogens (primary N) is 1. The maximum atomic E-state index is 13.4. The normalized spacial score (nSPS) is 18.0. The Hall–Kier alpha value is -2.20. The highest BCUT2D eigenvalue weighted by Gasteiger charge is 2.45. The van der Waals surface area contributed by atoms with Crippen molar-refractivity contribution >= 4 is 5.91 Å². The van der Waals surface area contributed by atoms with Crippen molar-refractivity contribution in [1.82, 2.24) is 5.32 Å². The van der Waals surface area contributed by atoms with E-state index in [1.54, 1.807) is 19.1 Å². The number of hydrogen-bond donors (Lipinski definition) is 2. The van der Waals surface area contributed by atoms with Crippen LogP contribution >= 0.6 is 0 Å². The molecule has 1 aliphatic rings. The van der Waals surface area contributed by atoms with E-state index in [-0.39, 0.29) is 17.1 Å². The molecule has 1 atom stereocenters. The number of hydrogen-bond acceptors (Lipinski definition) is 2. The first-order valence-corrected chi connectivity index (χ1v) is 7.83. The summed E-state index contributed by atoms with van der Waals surface area (Å²) in [6.07, 6.45) is 1.90. The van der Waals surface area contributed by atoms with Crippen molar-refractivity contribution < 1.29 is 9.18 Å². The molecule has 3 rings (SSSR count). The van der Waals surface area contributed by atoms with E-state index in [0.29, 0.717) is 6.54 Å². The number of carbonyl (C=O) groups excluding carboxylic acids is 1. The first-order chi connectivity index (χ1) is 10.9. The zero-order valence-corrected chi connectivity index (χ0v) is 13.2. The Bertz CT molecular complexity index is 708. The molecule has 1 amide bonds. The van der Waals surface area contributed by atoms with E-state index in [9.17, 15) is 9.18 Å². The number of benzene rings is 2. The quantitative estimate of drug-likeness (QED) is 0.892. The van der Waals surface area contributed by atoms with Gasteiger partial charge in [-0.15, -0.1) is 0 Å². The molecule has 1 fully saturated rings. The predicted molar refractivity (Wildman–Crippen MR) is 88.3 cm³/mol. The summed E-state index contributed by atoms with van der Waals surface area (Å²) >= 11 is 0. The van der Waals surface area contributed by atoms with Crippen LogP contribution in [-0.2, 0) is 15.7 Å². The highest BCUT2D eigenvalue weighted by molar-refractivity contribution is 5.87. The van der Waals surface area contributed by atoms with Crippen molar-refractivity contribution in [3.8, 4) is 0 Å². The van der Waals surface area contributed by atoms with Crippen molar-refractivity contribution in [1.29, 1.82) is 0 Å². The van der Waals surface area contributed by atoms with Crippen molar-refractivity contribution in [2.45, 2.75) is 30.7 Å². The van der Waals surface area contributed by atoms with Crippen LogP contribution in [0.15, 0.2) is 54.6 Å². The Morgan fingerprint density at radius 3 is 2.52 bits per heavy atom. The zero-order valence-electron chi connectivity index (χ0n) is 13.2. The SMILES string of the molecule is CC(N)(C(=O)NCC1(c2cccc(F)c2)CC1)c1ccccc1. The maximum absolute atomic E-state index is 13.4. The molecule has 1 unspecified atom stereocenters. The van der Waals surface area contributed by atoms with Gasteiger partial charge in [0.25, 0.3) is 0 Å². The molecule has 120 valence electrons. The van der Waals surface area contributed by atoms with E-state index < -0.39 is 5.54 Å². The lowest BCUT2D eigenvalue weighted by atomic mass is 9.91. The number of rotatable bonds is 5. The fraction of sp³-hybridized carbons (Fsp3) is 0.316. The number of nitrogens with one attached hydrogen (secondary N) is 1. The Kier molecular flexibility index (Phi) is 3.94. The molecule has 0 aromatic heterocycles. The van der Waals surface area contributed by atoms with Crippen LogP contribution in [0, 0.1) is 5.82 Å². The monoisotopic (exact) mass is 312 g/mol. The Morgan fingerprint density at radius 2 is 1.91 bits per heavy atom. The lowest BCUT2D eigenvalue weighted by Crippen LogP contribution is -2.50. The molecule has 1 aliphatic carbocycles. The van der Waals surface area contributed by atoms with Crippen LogP contribution in [0.25, 0.3) is 0 Å². The number of halogens is 1. The van der Waals surface area contributed by atoms with Crippen LogP contribution in [0.3, 0.4) is 0 Å². The summed E-state index contributed by atoms with van der Waals surface area (Å²) < 4.78 is 13.4. The molecule has 4 heteroatoms. The Balaban J connectivity index is 1.70. The minimum absolute atomic E-state index is 0.148. The largest absolute Gasteiger partial charge is 0.353 e. The van der Waals surface area contributed by atoms with Gasteiger partial charge in [0, 0.05) is 12.0 Å². The van der Waals surface area contributed by atoms with Crippen LogP contribution in [0.2, 0.25) is 0 Å². The third-order valence-electron chi connectivity index (χ3n) is 4.72. The summed E-state index contributed by atoms with van der Waals surface area (Å²) in [6, 6.07) is 15.9. The summed E-state index contributed by atoms with van der Waals surface area (Å²) in [5, 5.41) is 2.96. The Morgan fingerprint density at radius 1 is 1.22 bits per heavy atom. The van der Waals surface area contributed by atoms with E-state index in [0.717, 1.165) is 24.0 Å². The van der Waals surface area contributed by atoms with E-state index >= 15 is 0 Å². The summed E-state index contributed by atoms with van der Waals surface area (Å²) in [5.74, 6) is -0.459. The van der Waals surface area contributed by atoms with Crippen molar-refractivity contribution in [3.05, 3.63) is 71.5 Å². The van der Waals surface area contributed by atoms with E-state index in [1.165, 1.54) is 6.07 Å². The lowest BCUT2D eigenvalue weighted by molar-refractivity contribution is -0.126. The minimum atomic E-state index is -1.08. The summed E-state index contributed by atoms with van der Waals surface area (Å²) in [7, 11) is 0. The molecule has 1 saturated carbocycles. The second-order valence-corrected chi connectivity index (χ2v) is 6.54. The topological polar surface area (TPSA) is 55.1 Å². The van der Waals surface area contributed by atoms with Crippen molar-refractivity contribution in [2.24, 2.45) is 5.73 Å². The summed E-state index contributed by atoms with van der Waals surface area (Å²) in [6.45, 7) is 2.19. The Labute approximate surface area is 135 Å². The maximum Gasteiger partial charge on any atom is 0.244 e. The van der Waals surface area contributed by atoms with Crippen LogP contribution in [-0.4, -0.2) is 12.5 Å². The molecule has 0 bridgehead atoms. The van der Waals surface area contributed by atoms with E-state index in [4.69, 9.17) is 5.73 Å². The fourth-order valence-electron chi connectivity index (χ4n) is 2.89. The smallest absolute Gasteiger partial charge is 0.244 e. The lowest BCUT2D eigenvalue weighted by Gasteiger charge is -2.26. The number of carbonyl (C=O) groups is 1. The molecule has 0 radical (unpaired) electrons. The molecule has 3 N–H and O–H groups in total. The van der Waals surface area contributed by atoms with E-state index in [1.807, 2.05) is 36.4 Å². The van der Waals surface area contributed by atoms with Gasteiger partial charge in [0.05, 0.1) is 0 Å². The summed E-state index contributed by atoms with van der Waals surface area (Å²) in [5.41, 5.74) is 6.70. The molecule has 2 aromatic rings. The second-order valence-electron chi connectivity index (χ2n) is 6.54. The van der Waals surface area contributed by atoms with Gasteiger partial charge in [-0.3, -0.25) is 4.79 Å². The van der Waals surface area contributed by atoms with Gasteiger partial charge < -0.3 is 11.1 Å². The molecular formula is C19H21FN2O. The van der Waals surface area contributed by atoms with Crippen molar-refractivity contribution in [2.75, 3.05) is 6.54 Å². The van der Waals surface area contributed by atoms with Gasteiger partial charge in [0.2, 0.25) is 5.91 Å². The third kappa shape index (κ3) is 3.13. The van der Waals surface area contributed by atoms with Gasteiger partial charge in [-0.2, -0.15) is 0 Å². The van der Waals surface area contributed by atoms with Gasteiger partial charge in [-0.05, 0) is 43.0 Å². The van der Waals surface area contributed by atoms with Gasteiger partial charge in [-0.1, -0.05) is 42.5 Å². The minimum Gasteiger partial charge on any atom is -0.353 e. The molecule has 3 nitrogen and oxygen atoms in total. The predicted octanol–water partition coefficient (Wildman–Crippen LogP) is 2.85. The van der Waals surface area contributed by atoms with E-state index in [2.05, 4.69) is 5.32 Å². The number of amides is 1. The van der Waals surface area contributed by atoms with Crippen molar-refractivity contribution in [3.63, 3.8) is 0 Å². The molecule has 2 aromatic carbocycles. The summed E-state index contributed by atoms with van der Waals surface area (Å²) in [4.78, 5) is 12.5. The molecule has 0 aliphatic heterocycles. The second kappa shape index (κ2) is 5.78. The molecule has 23 heavy (non-hydrogen) atoms.